The first-order chi connectivity index (χ1) is 10.7. The Morgan fingerprint density at radius 2 is 2.18 bits per heavy atom. The molecule has 1 heterocycles. The highest BCUT2D eigenvalue weighted by Gasteiger charge is 2.13. The molecule has 0 saturated carbocycles. The van der Waals surface area contributed by atoms with Gasteiger partial charge in [0.2, 0.25) is 0 Å². The summed E-state index contributed by atoms with van der Waals surface area (Å²) >= 11 is 0. The van der Waals surface area contributed by atoms with Crippen molar-refractivity contribution < 1.29 is 13.9 Å². The largest absolute Gasteiger partial charge is 0.457 e. The van der Waals surface area contributed by atoms with Crippen LogP contribution in [0.1, 0.15) is 5.56 Å². The summed E-state index contributed by atoms with van der Waals surface area (Å²) in [5.74, 6) is -1.10. The average molecular weight is 297 g/mol. The zero-order valence-electron chi connectivity index (χ0n) is 11.5. The van der Waals surface area contributed by atoms with Gasteiger partial charge in [0.1, 0.15) is 24.1 Å². The molecule has 2 rings (SSSR count). The molecule has 5 nitrogen and oxygen atoms in total. The van der Waals surface area contributed by atoms with E-state index < -0.39 is 5.97 Å². The maximum atomic E-state index is 13.0. The first-order valence-corrected chi connectivity index (χ1v) is 6.35. The Morgan fingerprint density at radius 3 is 2.82 bits per heavy atom. The van der Waals surface area contributed by atoms with Crippen LogP contribution in [0.5, 0.6) is 0 Å². The number of benzene rings is 1. The van der Waals surface area contributed by atoms with Crippen LogP contribution in [0, 0.1) is 17.1 Å². The molecule has 0 fully saturated rings. The van der Waals surface area contributed by atoms with Gasteiger partial charge in [-0.3, -0.25) is 5.10 Å². The summed E-state index contributed by atoms with van der Waals surface area (Å²) in [5, 5.41) is 15.7. The molecule has 0 unspecified atom stereocenters. The minimum absolute atomic E-state index is 0.0219. The highest BCUT2D eigenvalue weighted by Crippen LogP contribution is 2.23. The van der Waals surface area contributed by atoms with Gasteiger partial charge in [-0.05, 0) is 30.3 Å². The Hall–Kier alpha value is -3.20. The van der Waals surface area contributed by atoms with Crippen molar-refractivity contribution in [2.75, 3.05) is 6.61 Å². The summed E-state index contributed by atoms with van der Waals surface area (Å²) in [6.07, 6.45) is 4.25. The van der Waals surface area contributed by atoms with E-state index in [-0.39, 0.29) is 18.0 Å². The van der Waals surface area contributed by atoms with Crippen molar-refractivity contribution in [3.05, 3.63) is 60.1 Å². The Labute approximate surface area is 126 Å². The number of carbonyl (C=O) groups excluding carboxylic acids is 1. The molecule has 0 bridgehead atoms. The molecule has 0 amide bonds. The second-order valence-corrected chi connectivity index (χ2v) is 4.26. The lowest BCUT2D eigenvalue weighted by atomic mass is 10.1. The zero-order valence-corrected chi connectivity index (χ0v) is 11.5. The van der Waals surface area contributed by atoms with Crippen LogP contribution in [0.3, 0.4) is 0 Å². The summed E-state index contributed by atoms with van der Waals surface area (Å²) in [6, 6.07) is 7.56. The van der Waals surface area contributed by atoms with E-state index in [1.807, 2.05) is 0 Å². The van der Waals surface area contributed by atoms with Gasteiger partial charge in [-0.25, -0.2) is 9.18 Å². The molecule has 0 aliphatic carbocycles. The molecule has 0 atom stereocenters. The summed E-state index contributed by atoms with van der Waals surface area (Å²) in [4.78, 5) is 11.7. The molecule has 1 N–H and O–H groups in total. The van der Waals surface area contributed by atoms with Crippen LogP contribution < -0.4 is 0 Å². The Balaban J connectivity index is 2.33. The maximum Gasteiger partial charge on any atom is 0.349 e. The average Bonchev–Trinajstić information content (AvgIpc) is 2.99. The van der Waals surface area contributed by atoms with Crippen LogP contribution in [0.2, 0.25) is 0 Å². The van der Waals surface area contributed by atoms with E-state index in [4.69, 9.17) is 10.00 Å². The molecule has 110 valence electrons. The van der Waals surface area contributed by atoms with Crippen LogP contribution in [-0.2, 0) is 9.53 Å². The monoisotopic (exact) mass is 297 g/mol. The number of hydrogen-bond donors (Lipinski definition) is 1. The van der Waals surface area contributed by atoms with Gasteiger partial charge < -0.3 is 4.74 Å². The van der Waals surface area contributed by atoms with Crippen molar-refractivity contribution in [2.24, 2.45) is 0 Å². The zero-order chi connectivity index (χ0) is 15.9. The number of nitrogens with one attached hydrogen (secondary N) is 1. The van der Waals surface area contributed by atoms with Crippen LogP contribution in [0.25, 0.3) is 17.3 Å². The lowest BCUT2D eigenvalue weighted by Gasteiger charge is -2.02. The number of hydrogen-bond acceptors (Lipinski definition) is 4. The van der Waals surface area contributed by atoms with Gasteiger partial charge in [-0.1, -0.05) is 12.7 Å². The van der Waals surface area contributed by atoms with E-state index in [0.29, 0.717) is 16.8 Å². The molecule has 6 heteroatoms. The number of rotatable bonds is 5. The number of aromatic nitrogens is 2. The van der Waals surface area contributed by atoms with Gasteiger partial charge >= 0.3 is 5.97 Å². The van der Waals surface area contributed by atoms with Crippen LogP contribution in [0.4, 0.5) is 4.39 Å². The number of carbonyl (C=O) groups is 1. The highest BCUT2D eigenvalue weighted by molar-refractivity contribution is 5.98. The van der Waals surface area contributed by atoms with Gasteiger partial charge in [0.05, 0.1) is 11.9 Å². The summed E-state index contributed by atoms with van der Waals surface area (Å²) in [6.45, 7) is 3.45. The number of halogens is 1. The van der Waals surface area contributed by atoms with Gasteiger partial charge in [0, 0.05) is 11.1 Å². The van der Waals surface area contributed by atoms with Gasteiger partial charge in [0.25, 0.3) is 0 Å². The second-order valence-electron chi connectivity index (χ2n) is 4.26. The van der Waals surface area contributed by atoms with Crippen LogP contribution in [0.15, 0.2) is 48.7 Å². The minimum Gasteiger partial charge on any atom is -0.457 e. The van der Waals surface area contributed by atoms with E-state index in [9.17, 15) is 9.18 Å². The smallest absolute Gasteiger partial charge is 0.349 e. The highest BCUT2D eigenvalue weighted by atomic mass is 19.1. The summed E-state index contributed by atoms with van der Waals surface area (Å²) in [7, 11) is 0. The molecule has 0 aliphatic rings. The SMILES string of the molecule is C=CCOC(=O)/C(C#N)=C\c1cn[nH]c1-c1ccc(F)cc1. The van der Waals surface area contributed by atoms with Gasteiger partial charge in [-0.2, -0.15) is 10.4 Å². The summed E-state index contributed by atoms with van der Waals surface area (Å²) < 4.78 is 17.8. The third kappa shape index (κ3) is 3.46. The van der Waals surface area contributed by atoms with Crippen LogP contribution >= 0.6 is 0 Å². The van der Waals surface area contributed by atoms with Crippen molar-refractivity contribution >= 4 is 12.0 Å². The Morgan fingerprint density at radius 1 is 1.45 bits per heavy atom. The molecule has 1 aromatic carbocycles. The van der Waals surface area contributed by atoms with Gasteiger partial charge in [-0.15, -0.1) is 0 Å². The maximum absolute atomic E-state index is 13.0. The molecule has 0 radical (unpaired) electrons. The van der Waals surface area contributed by atoms with Crippen molar-refractivity contribution in [3.8, 4) is 17.3 Å². The van der Waals surface area contributed by atoms with E-state index in [2.05, 4.69) is 16.8 Å². The predicted octanol–water partition coefficient (Wildman–Crippen LogP) is 2.85. The lowest BCUT2D eigenvalue weighted by Crippen LogP contribution is -2.06. The number of nitrogens with zero attached hydrogens (tertiary/aromatic N) is 2. The standard InChI is InChI=1S/C16H12FN3O2/c1-2-7-22-16(21)12(9-18)8-13-10-19-20-15(13)11-3-5-14(17)6-4-11/h2-6,8,10H,1,7H2,(H,19,20)/b12-8-. The Bertz CT molecular complexity index is 754. The molecule has 22 heavy (non-hydrogen) atoms. The van der Waals surface area contributed by atoms with E-state index in [1.54, 1.807) is 18.2 Å². The predicted molar refractivity (Wildman–Crippen MR) is 78.7 cm³/mol. The fourth-order valence-electron chi connectivity index (χ4n) is 1.76. The first-order valence-electron chi connectivity index (χ1n) is 6.35. The normalized spacial score (nSPS) is 10.8. The van der Waals surface area contributed by atoms with Crippen molar-refractivity contribution in [1.29, 1.82) is 5.26 Å². The quantitative estimate of drug-likeness (QED) is 0.398. The van der Waals surface area contributed by atoms with E-state index in [1.165, 1.54) is 30.5 Å². The number of aromatic amines is 1. The number of esters is 1. The fraction of sp³-hybridized carbons (Fsp3) is 0.0625. The third-order valence-electron chi connectivity index (χ3n) is 2.77. The molecule has 1 aromatic heterocycles. The topological polar surface area (TPSA) is 78.8 Å². The van der Waals surface area contributed by atoms with E-state index in [0.717, 1.165) is 0 Å². The number of ether oxygens (including phenoxy) is 1. The summed E-state index contributed by atoms with van der Waals surface area (Å²) in [5.41, 5.74) is 1.62. The lowest BCUT2D eigenvalue weighted by molar-refractivity contribution is -0.137. The second kappa shape index (κ2) is 6.99. The molecular formula is C16H12FN3O2. The van der Waals surface area contributed by atoms with Crippen molar-refractivity contribution in [2.45, 2.75) is 0 Å². The van der Waals surface area contributed by atoms with Crippen LogP contribution in [-0.4, -0.2) is 22.8 Å². The van der Waals surface area contributed by atoms with Crippen molar-refractivity contribution in [1.82, 2.24) is 10.2 Å². The fourth-order valence-corrected chi connectivity index (χ4v) is 1.76. The van der Waals surface area contributed by atoms with Crippen molar-refractivity contribution in [3.63, 3.8) is 0 Å². The number of H-pyrrole nitrogens is 1. The Kier molecular flexibility index (Phi) is 4.83. The molecule has 0 spiro atoms. The minimum atomic E-state index is -0.742. The molecule has 2 aromatic rings. The number of nitriles is 1. The molecule has 0 aliphatic heterocycles. The van der Waals surface area contributed by atoms with E-state index >= 15 is 0 Å². The third-order valence-corrected chi connectivity index (χ3v) is 2.77. The molecule has 0 saturated heterocycles. The van der Waals surface area contributed by atoms with Gasteiger partial charge in [0.15, 0.2) is 0 Å². The molecular weight excluding hydrogens is 285 g/mol. The first kappa shape index (κ1) is 15.2.